The summed E-state index contributed by atoms with van der Waals surface area (Å²) < 4.78 is 5.88. The number of aliphatic carboxylic acids is 1. The number of carboxylic acid groups (broad SMARTS) is 1. The van der Waals surface area contributed by atoms with Gasteiger partial charge in [0, 0.05) is 28.2 Å². The number of benzene rings is 3. The second kappa shape index (κ2) is 12.2. The lowest BCUT2D eigenvalue weighted by atomic mass is 10.1. The van der Waals surface area contributed by atoms with Crippen LogP contribution in [0.4, 0.5) is 5.69 Å². The Labute approximate surface area is 216 Å². The molecule has 0 aliphatic heterocycles. The van der Waals surface area contributed by atoms with Crippen LogP contribution in [-0.2, 0) is 11.3 Å². The Morgan fingerprint density at radius 2 is 1.89 bits per heavy atom. The minimum atomic E-state index is -0.935. The van der Waals surface area contributed by atoms with E-state index in [4.69, 9.17) is 16.3 Å². The molecule has 0 amide bonds. The molecule has 0 spiro atoms. The van der Waals surface area contributed by atoms with Crippen molar-refractivity contribution in [2.24, 2.45) is 0 Å². The molecule has 0 aliphatic carbocycles. The zero-order valence-corrected chi connectivity index (χ0v) is 20.9. The van der Waals surface area contributed by atoms with Gasteiger partial charge in [0.05, 0.1) is 11.2 Å². The van der Waals surface area contributed by atoms with Crippen molar-refractivity contribution in [1.82, 2.24) is 4.98 Å². The molecule has 4 rings (SSSR count). The summed E-state index contributed by atoms with van der Waals surface area (Å²) in [6, 6.07) is 25.3. The van der Waals surface area contributed by atoms with Crippen LogP contribution in [0.2, 0.25) is 5.02 Å². The van der Waals surface area contributed by atoms with Crippen LogP contribution in [0.15, 0.2) is 78.9 Å². The summed E-state index contributed by atoms with van der Waals surface area (Å²) in [5.74, 6) is -0.346. The number of pyridine rings is 1. The average Bonchev–Trinajstić information content (AvgIpc) is 2.89. The third-order valence-electron chi connectivity index (χ3n) is 5.83. The number of halogens is 1. The number of para-hydroxylation sites is 1. The molecular formula is C30H29ClN2O3. The third kappa shape index (κ3) is 6.86. The summed E-state index contributed by atoms with van der Waals surface area (Å²) in [4.78, 5) is 16.3. The highest BCUT2D eigenvalue weighted by Gasteiger charge is 2.20. The van der Waals surface area contributed by atoms with Gasteiger partial charge in [-0.2, -0.15) is 0 Å². The largest absolute Gasteiger partial charge is 0.479 e. The lowest BCUT2D eigenvalue weighted by Crippen LogP contribution is -2.27. The van der Waals surface area contributed by atoms with E-state index in [-0.39, 0.29) is 0 Å². The predicted molar refractivity (Wildman–Crippen MR) is 147 cm³/mol. The highest BCUT2D eigenvalue weighted by Crippen LogP contribution is 2.23. The molecule has 6 heteroatoms. The van der Waals surface area contributed by atoms with Gasteiger partial charge in [-0.15, -0.1) is 0 Å². The molecule has 1 unspecified atom stereocenters. The predicted octanol–water partition coefficient (Wildman–Crippen LogP) is 7.69. The van der Waals surface area contributed by atoms with E-state index in [2.05, 4.69) is 16.4 Å². The number of carboxylic acids is 1. The molecule has 0 saturated heterocycles. The second-order valence-corrected chi connectivity index (χ2v) is 9.02. The first kappa shape index (κ1) is 25.3. The fourth-order valence-corrected chi connectivity index (χ4v) is 4.04. The number of hydrogen-bond donors (Lipinski definition) is 2. The Hall–Kier alpha value is -3.83. The van der Waals surface area contributed by atoms with Gasteiger partial charge in [-0.25, -0.2) is 9.78 Å². The van der Waals surface area contributed by atoms with Crippen molar-refractivity contribution in [2.45, 2.75) is 38.8 Å². The highest BCUT2D eigenvalue weighted by molar-refractivity contribution is 6.31. The fraction of sp³-hybridized carbons (Fsp3) is 0.200. The first-order valence-corrected chi connectivity index (χ1v) is 12.5. The van der Waals surface area contributed by atoms with Gasteiger partial charge in [-0.3, -0.25) is 0 Å². The van der Waals surface area contributed by atoms with Gasteiger partial charge in [0.25, 0.3) is 0 Å². The molecule has 0 saturated carbocycles. The molecule has 1 atom stereocenters. The molecule has 0 fully saturated rings. The van der Waals surface area contributed by atoms with Crippen molar-refractivity contribution in [1.29, 1.82) is 0 Å². The van der Waals surface area contributed by atoms with E-state index in [1.165, 1.54) is 0 Å². The van der Waals surface area contributed by atoms with E-state index in [1.54, 1.807) is 0 Å². The van der Waals surface area contributed by atoms with Crippen LogP contribution in [0.1, 0.15) is 43.0 Å². The van der Waals surface area contributed by atoms with E-state index in [1.807, 2.05) is 91.9 Å². The maximum atomic E-state index is 11.6. The van der Waals surface area contributed by atoms with E-state index in [0.29, 0.717) is 23.7 Å². The minimum absolute atomic E-state index is 0.487. The number of nitrogens with one attached hydrogen (secondary N) is 1. The van der Waals surface area contributed by atoms with Gasteiger partial charge in [-0.1, -0.05) is 73.5 Å². The van der Waals surface area contributed by atoms with Crippen LogP contribution in [0.25, 0.3) is 23.1 Å². The summed E-state index contributed by atoms with van der Waals surface area (Å²) in [5.41, 5.74) is 4.60. The monoisotopic (exact) mass is 500 g/mol. The molecule has 1 heterocycles. The van der Waals surface area contributed by atoms with E-state index < -0.39 is 12.1 Å². The van der Waals surface area contributed by atoms with Gasteiger partial charge in [-0.05, 0) is 60.9 Å². The molecule has 2 N–H and O–H groups in total. The maximum absolute atomic E-state index is 11.6. The van der Waals surface area contributed by atoms with Crippen LogP contribution in [0, 0.1) is 0 Å². The Balaban J connectivity index is 1.43. The van der Waals surface area contributed by atoms with Crippen LogP contribution in [0.5, 0.6) is 5.75 Å². The Morgan fingerprint density at radius 3 is 2.72 bits per heavy atom. The van der Waals surface area contributed by atoms with Gasteiger partial charge < -0.3 is 15.2 Å². The number of ether oxygens (including phenoxy) is 1. The van der Waals surface area contributed by atoms with Crippen LogP contribution in [-0.4, -0.2) is 22.2 Å². The fourth-order valence-electron chi connectivity index (χ4n) is 3.87. The number of rotatable bonds is 11. The maximum Gasteiger partial charge on any atom is 0.344 e. The SMILES string of the molecule is CCCCC(Oc1ccccc1CNc1cccc(/C=C/c2ccc3ccc(Cl)cc3n2)c1)C(=O)O. The van der Waals surface area contributed by atoms with Gasteiger partial charge in [0.15, 0.2) is 6.10 Å². The molecule has 36 heavy (non-hydrogen) atoms. The molecule has 184 valence electrons. The summed E-state index contributed by atoms with van der Waals surface area (Å²) in [6.45, 7) is 2.55. The van der Waals surface area contributed by atoms with E-state index >= 15 is 0 Å². The quantitative estimate of drug-likeness (QED) is 0.221. The molecular weight excluding hydrogens is 472 g/mol. The van der Waals surface area contributed by atoms with Crippen molar-refractivity contribution in [3.05, 3.63) is 101 Å². The molecule has 5 nitrogen and oxygen atoms in total. The topological polar surface area (TPSA) is 71.5 Å². The number of fused-ring (bicyclic) bond motifs is 1. The number of unbranched alkanes of at least 4 members (excludes halogenated alkanes) is 1. The molecule has 1 aromatic heterocycles. The van der Waals surface area contributed by atoms with Crippen molar-refractivity contribution in [3.8, 4) is 5.75 Å². The Morgan fingerprint density at radius 1 is 1.06 bits per heavy atom. The van der Waals surface area contributed by atoms with E-state index in [0.717, 1.165) is 46.3 Å². The normalized spacial score (nSPS) is 12.1. The second-order valence-electron chi connectivity index (χ2n) is 8.58. The summed E-state index contributed by atoms with van der Waals surface area (Å²) in [5, 5.41) is 14.7. The molecule has 4 aromatic rings. The first-order valence-electron chi connectivity index (χ1n) is 12.1. The standard InChI is InChI=1S/C30H29ClN2O3/c1-2-3-10-29(30(34)35)36-28-11-5-4-8-23(28)20-32-26-9-6-7-21(18-26)12-16-25-17-14-22-13-15-24(31)19-27(22)33-25/h4-9,11-19,29,32H,2-3,10,20H2,1H3,(H,34,35)/b16-12+. The lowest BCUT2D eigenvalue weighted by Gasteiger charge is -2.18. The van der Waals surface area contributed by atoms with Crippen molar-refractivity contribution in [2.75, 3.05) is 5.32 Å². The summed E-state index contributed by atoms with van der Waals surface area (Å²) in [6.07, 6.45) is 5.37. The van der Waals surface area contributed by atoms with Crippen LogP contribution < -0.4 is 10.1 Å². The van der Waals surface area contributed by atoms with Gasteiger partial charge in [0.1, 0.15) is 5.75 Å². The Kier molecular flexibility index (Phi) is 8.58. The number of anilines is 1. The van der Waals surface area contributed by atoms with Crippen molar-refractivity contribution >= 4 is 46.3 Å². The number of hydrogen-bond acceptors (Lipinski definition) is 4. The summed E-state index contributed by atoms with van der Waals surface area (Å²) in [7, 11) is 0. The van der Waals surface area contributed by atoms with Crippen LogP contribution >= 0.6 is 11.6 Å². The molecule has 3 aromatic carbocycles. The number of aromatic nitrogens is 1. The average molecular weight is 501 g/mol. The lowest BCUT2D eigenvalue weighted by molar-refractivity contribution is -0.145. The van der Waals surface area contributed by atoms with Gasteiger partial charge in [0.2, 0.25) is 0 Å². The van der Waals surface area contributed by atoms with E-state index in [9.17, 15) is 9.90 Å². The molecule has 0 bridgehead atoms. The zero-order chi connectivity index (χ0) is 25.3. The zero-order valence-electron chi connectivity index (χ0n) is 20.2. The number of nitrogens with zero attached hydrogens (tertiary/aromatic N) is 1. The smallest absolute Gasteiger partial charge is 0.344 e. The molecule has 0 aliphatic rings. The van der Waals surface area contributed by atoms with Crippen molar-refractivity contribution in [3.63, 3.8) is 0 Å². The first-order chi connectivity index (χ1) is 17.5. The number of carbonyl (C=O) groups is 1. The van der Waals surface area contributed by atoms with Crippen LogP contribution in [0.3, 0.4) is 0 Å². The summed E-state index contributed by atoms with van der Waals surface area (Å²) >= 11 is 6.10. The van der Waals surface area contributed by atoms with Gasteiger partial charge >= 0.3 is 5.97 Å². The molecule has 0 radical (unpaired) electrons. The van der Waals surface area contributed by atoms with Crippen molar-refractivity contribution < 1.29 is 14.6 Å². The minimum Gasteiger partial charge on any atom is -0.479 e. The Bertz CT molecular complexity index is 1370. The highest BCUT2D eigenvalue weighted by atomic mass is 35.5. The third-order valence-corrected chi connectivity index (χ3v) is 6.06.